The molecule has 2 rings (SSSR count). The van der Waals surface area contributed by atoms with Gasteiger partial charge in [0.25, 0.3) is 0 Å². The van der Waals surface area contributed by atoms with Gasteiger partial charge in [-0.1, -0.05) is 0 Å². The number of amides is 1. The lowest BCUT2D eigenvalue weighted by molar-refractivity contribution is -0.143. The zero-order valence-electron chi connectivity index (χ0n) is 13.9. The first-order valence-corrected chi connectivity index (χ1v) is 7.31. The number of benzene rings is 2. The molecule has 0 aliphatic carbocycles. The molecule has 1 amide bonds. The number of nitrogens with zero attached hydrogens (tertiary/aromatic N) is 1. The van der Waals surface area contributed by atoms with Gasteiger partial charge in [0.2, 0.25) is 0 Å². The zero-order valence-corrected chi connectivity index (χ0v) is 13.9. The maximum absolute atomic E-state index is 13.2. The second-order valence-electron chi connectivity index (χ2n) is 5.57. The minimum absolute atomic E-state index is 0.111. The topological polar surface area (TPSA) is 29.5 Å². The van der Waals surface area contributed by atoms with E-state index in [2.05, 4.69) is 0 Å². The molecule has 0 atom stereocenters. The Balaban J connectivity index is 2.42. The summed E-state index contributed by atoms with van der Waals surface area (Å²) >= 11 is 0. The van der Waals surface area contributed by atoms with E-state index in [0.717, 1.165) is 31.0 Å². The molecule has 0 saturated carbocycles. The molecular formula is C17H12F7NO2. The van der Waals surface area contributed by atoms with Crippen LogP contribution in [0, 0.1) is 12.7 Å². The molecule has 0 fully saturated rings. The van der Waals surface area contributed by atoms with Gasteiger partial charge in [0, 0.05) is 12.7 Å². The van der Waals surface area contributed by atoms with Gasteiger partial charge in [-0.25, -0.2) is 9.18 Å². The Hall–Kier alpha value is -2.78. The maximum Gasteiger partial charge on any atom is 0.420 e. The number of carbonyl (C=O) groups is 1. The molecule has 0 saturated heterocycles. The third-order valence-corrected chi connectivity index (χ3v) is 3.58. The van der Waals surface area contributed by atoms with E-state index in [1.165, 1.54) is 12.1 Å². The number of anilines is 1. The van der Waals surface area contributed by atoms with E-state index < -0.39 is 46.7 Å². The fraction of sp³-hybridized carbons (Fsp3) is 0.235. The average molecular weight is 395 g/mol. The zero-order chi connectivity index (χ0) is 20.6. The van der Waals surface area contributed by atoms with E-state index in [0.29, 0.717) is 6.07 Å². The van der Waals surface area contributed by atoms with E-state index in [1.54, 1.807) is 0 Å². The van der Waals surface area contributed by atoms with Gasteiger partial charge in [0.1, 0.15) is 11.6 Å². The van der Waals surface area contributed by atoms with E-state index in [1.807, 2.05) is 0 Å². The Morgan fingerprint density at radius 3 is 2.00 bits per heavy atom. The lowest BCUT2D eigenvalue weighted by Gasteiger charge is -2.21. The molecule has 0 heterocycles. The van der Waals surface area contributed by atoms with Crippen LogP contribution in [0.15, 0.2) is 36.4 Å². The molecule has 10 heteroatoms. The first-order valence-electron chi connectivity index (χ1n) is 7.31. The Morgan fingerprint density at radius 1 is 0.963 bits per heavy atom. The SMILES string of the molecule is Cc1cc(C(F)(F)F)cc(C(F)(F)F)c1OC(=O)N(C)c1ccc(F)cc1. The predicted octanol–water partition coefficient (Wildman–Crippen LogP) is 5.81. The Morgan fingerprint density at radius 2 is 1.52 bits per heavy atom. The van der Waals surface area contributed by atoms with Crippen molar-refractivity contribution in [3.05, 3.63) is 58.9 Å². The lowest BCUT2D eigenvalue weighted by atomic mass is 10.0. The highest BCUT2D eigenvalue weighted by atomic mass is 19.4. The van der Waals surface area contributed by atoms with Gasteiger partial charge >= 0.3 is 18.4 Å². The molecular weight excluding hydrogens is 383 g/mol. The first-order chi connectivity index (χ1) is 12.3. The Labute approximate surface area is 149 Å². The number of hydrogen-bond donors (Lipinski definition) is 0. The second-order valence-corrected chi connectivity index (χ2v) is 5.57. The summed E-state index contributed by atoms with van der Waals surface area (Å²) in [6.07, 6.45) is -11.5. The fourth-order valence-corrected chi connectivity index (χ4v) is 2.21. The van der Waals surface area contributed by atoms with Gasteiger partial charge in [0.05, 0.1) is 11.1 Å². The summed E-state index contributed by atoms with van der Waals surface area (Å²) in [5.41, 5.74) is -3.65. The van der Waals surface area contributed by atoms with Crippen molar-refractivity contribution >= 4 is 11.8 Å². The molecule has 0 radical (unpaired) electrons. The summed E-state index contributed by atoms with van der Waals surface area (Å²) < 4.78 is 95.6. The first kappa shape index (κ1) is 20.5. The van der Waals surface area contributed by atoms with Crippen LogP contribution >= 0.6 is 0 Å². The van der Waals surface area contributed by atoms with Crippen LogP contribution in [0.3, 0.4) is 0 Å². The van der Waals surface area contributed by atoms with E-state index in [-0.39, 0.29) is 11.8 Å². The summed E-state index contributed by atoms with van der Waals surface area (Å²) in [4.78, 5) is 12.9. The van der Waals surface area contributed by atoms with Crippen molar-refractivity contribution < 1.29 is 40.3 Å². The minimum atomic E-state index is -5.18. The van der Waals surface area contributed by atoms with Gasteiger partial charge in [0.15, 0.2) is 0 Å². The van der Waals surface area contributed by atoms with Gasteiger partial charge in [-0.05, 0) is 48.9 Å². The summed E-state index contributed by atoms with van der Waals surface area (Å²) in [6.45, 7) is 0.963. The summed E-state index contributed by atoms with van der Waals surface area (Å²) in [6, 6.07) is 4.73. The number of hydrogen-bond acceptors (Lipinski definition) is 2. The van der Waals surface area contributed by atoms with Crippen molar-refractivity contribution in [2.24, 2.45) is 0 Å². The molecule has 146 valence electrons. The van der Waals surface area contributed by atoms with Crippen LogP contribution in [-0.4, -0.2) is 13.1 Å². The third-order valence-electron chi connectivity index (χ3n) is 3.58. The maximum atomic E-state index is 13.2. The smallest absolute Gasteiger partial charge is 0.409 e. The minimum Gasteiger partial charge on any atom is -0.409 e. The van der Waals surface area contributed by atoms with Gasteiger partial charge in [-0.2, -0.15) is 26.3 Å². The summed E-state index contributed by atoms with van der Waals surface area (Å²) in [7, 11) is 1.16. The fourth-order valence-electron chi connectivity index (χ4n) is 2.21. The molecule has 0 N–H and O–H groups in total. The molecule has 27 heavy (non-hydrogen) atoms. The van der Waals surface area contributed by atoms with Crippen molar-refractivity contribution in [2.75, 3.05) is 11.9 Å². The molecule has 0 bridgehead atoms. The monoisotopic (exact) mass is 395 g/mol. The van der Waals surface area contributed by atoms with Crippen LogP contribution in [0.1, 0.15) is 16.7 Å². The predicted molar refractivity (Wildman–Crippen MR) is 82.0 cm³/mol. The van der Waals surface area contributed by atoms with Crippen molar-refractivity contribution in [2.45, 2.75) is 19.3 Å². The van der Waals surface area contributed by atoms with Crippen LogP contribution in [0.25, 0.3) is 0 Å². The molecule has 0 spiro atoms. The van der Waals surface area contributed by atoms with Crippen molar-refractivity contribution in [3.63, 3.8) is 0 Å². The number of halogens is 7. The van der Waals surface area contributed by atoms with E-state index in [4.69, 9.17) is 4.74 Å². The van der Waals surface area contributed by atoms with Crippen LogP contribution in [0.4, 0.5) is 41.2 Å². The summed E-state index contributed by atoms with van der Waals surface area (Å²) in [5, 5.41) is 0. The largest absolute Gasteiger partial charge is 0.420 e. The van der Waals surface area contributed by atoms with Crippen LogP contribution in [-0.2, 0) is 12.4 Å². The third kappa shape index (κ3) is 4.69. The standard InChI is InChI=1S/C17H12F7NO2/c1-9-7-10(16(19,20)21)8-13(17(22,23)24)14(9)27-15(26)25(2)12-5-3-11(18)4-6-12/h3-8H,1-2H3. The van der Waals surface area contributed by atoms with Crippen LogP contribution in [0.5, 0.6) is 5.75 Å². The number of rotatable bonds is 2. The molecule has 3 nitrogen and oxygen atoms in total. The highest BCUT2D eigenvalue weighted by Crippen LogP contribution is 2.42. The normalized spacial score (nSPS) is 12.0. The van der Waals surface area contributed by atoms with E-state index >= 15 is 0 Å². The van der Waals surface area contributed by atoms with E-state index in [9.17, 15) is 35.5 Å². The highest BCUT2D eigenvalue weighted by Gasteiger charge is 2.40. The van der Waals surface area contributed by atoms with Gasteiger partial charge in [-0.3, -0.25) is 4.90 Å². The van der Waals surface area contributed by atoms with Crippen molar-refractivity contribution in [1.82, 2.24) is 0 Å². The molecule has 0 unspecified atom stereocenters. The number of ether oxygens (including phenoxy) is 1. The van der Waals surface area contributed by atoms with Gasteiger partial charge in [-0.15, -0.1) is 0 Å². The van der Waals surface area contributed by atoms with Crippen molar-refractivity contribution in [3.8, 4) is 5.75 Å². The quantitative estimate of drug-likeness (QED) is 0.601. The Kier molecular flexibility index (Phi) is 5.39. The number of carbonyl (C=O) groups excluding carboxylic acids is 1. The van der Waals surface area contributed by atoms with Crippen LogP contribution in [0.2, 0.25) is 0 Å². The molecule has 0 aliphatic heterocycles. The van der Waals surface area contributed by atoms with Crippen molar-refractivity contribution in [1.29, 1.82) is 0 Å². The number of aryl methyl sites for hydroxylation is 1. The lowest BCUT2D eigenvalue weighted by Crippen LogP contribution is -2.30. The molecule has 0 aromatic heterocycles. The number of alkyl halides is 6. The van der Waals surface area contributed by atoms with Gasteiger partial charge < -0.3 is 4.74 Å². The highest BCUT2D eigenvalue weighted by molar-refractivity contribution is 5.88. The molecule has 2 aromatic rings. The molecule has 0 aliphatic rings. The van der Waals surface area contributed by atoms with Crippen LogP contribution < -0.4 is 9.64 Å². The molecule has 2 aromatic carbocycles. The Bertz CT molecular complexity index is 842. The summed E-state index contributed by atoms with van der Waals surface area (Å²) in [5.74, 6) is -1.63. The second kappa shape index (κ2) is 7.09. The average Bonchev–Trinajstić information content (AvgIpc) is 2.54.